The fourth-order valence-corrected chi connectivity index (χ4v) is 1.70. The first kappa shape index (κ1) is 15.2. The normalized spacial score (nSPS) is 10.3. The topological polar surface area (TPSA) is 80.5 Å². The van der Waals surface area contributed by atoms with E-state index in [4.69, 9.17) is 4.74 Å². The van der Waals surface area contributed by atoms with E-state index in [1.165, 1.54) is 6.07 Å². The van der Waals surface area contributed by atoms with Gasteiger partial charge in [-0.3, -0.25) is 10.1 Å². The molecule has 1 rings (SSSR count). The predicted molar refractivity (Wildman–Crippen MR) is 74.8 cm³/mol. The van der Waals surface area contributed by atoms with E-state index in [0.29, 0.717) is 24.8 Å². The van der Waals surface area contributed by atoms with E-state index in [-0.39, 0.29) is 5.69 Å². The zero-order chi connectivity index (χ0) is 14.3. The molecular formula is C12H20N4O3. The van der Waals surface area contributed by atoms with Crippen molar-refractivity contribution in [3.63, 3.8) is 0 Å². The highest BCUT2D eigenvalue weighted by Gasteiger charge is 2.19. The van der Waals surface area contributed by atoms with Crippen molar-refractivity contribution in [2.24, 2.45) is 0 Å². The van der Waals surface area contributed by atoms with Crippen LogP contribution < -0.4 is 10.2 Å². The molecule has 0 saturated heterocycles. The lowest BCUT2D eigenvalue weighted by Crippen LogP contribution is -2.22. The highest BCUT2D eigenvalue weighted by Crippen LogP contribution is 2.26. The van der Waals surface area contributed by atoms with Crippen molar-refractivity contribution in [1.82, 2.24) is 4.98 Å². The lowest BCUT2D eigenvalue weighted by atomic mass is 10.3. The Bertz CT molecular complexity index is 425. The summed E-state index contributed by atoms with van der Waals surface area (Å²) >= 11 is 0. The quantitative estimate of drug-likeness (QED) is 0.440. The Morgan fingerprint density at radius 2 is 2.26 bits per heavy atom. The molecule has 19 heavy (non-hydrogen) atoms. The molecule has 7 nitrogen and oxygen atoms in total. The van der Waals surface area contributed by atoms with E-state index in [1.54, 1.807) is 25.1 Å². The molecule has 1 aromatic heterocycles. The first-order valence-electron chi connectivity index (χ1n) is 6.19. The van der Waals surface area contributed by atoms with Gasteiger partial charge in [-0.25, -0.2) is 4.98 Å². The molecule has 0 aliphatic rings. The Morgan fingerprint density at radius 3 is 2.84 bits per heavy atom. The second-order valence-electron chi connectivity index (χ2n) is 4.09. The maximum absolute atomic E-state index is 11.0. The van der Waals surface area contributed by atoms with Crippen molar-refractivity contribution in [3.05, 3.63) is 22.2 Å². The second kappa shape index (κ2) is 7.52. The van der Waals surface area contributed by atoms with Crippen LogP contribution in [0.3, 0.4) is 0 Å². The Balaban J connectivity index is 2.92. The van der Waals surface area contributed by atoms with Gasteiger partial charge in [0.2, 0.25) is 5.82 Å². The number of ether oxygens (including phenoxy) is 1. The molecule has 0 radical (unpaired) electrons. The summed E-state index contributed by atoms with van der Waals surface area (Å²) in [5.41, 5.74) is 0.0153. The van der Waals surface area contributed by atoms with E-state index in [9.17, 15) is 10.1 Å². The van der Waals surface area contributed by atoms with Crippen molar-refractivity contribution in [2.75, 3.05) is 44.1 Å². The highest BCUT2D eigenvalue weighted by atomic mass is 16.6. The van der Waals surface area contributed by atoms with E-state index in [1.807, 2.05) is 6.92 Å². The van der Waals surface area contributed by atoms with E-state index < -0.39 is 4.92 Å². The molecule has 106 valence electrons. The van der Waals surface area contributed by atoms with Gasteiger partial charge < -0.3 is 15.0 Å². The number of anilines is 2. The molecule has 0 aliphatic carbocycles. The van der Waals surface area contributed by atoms with Crippen LogP contribution >= 0.6 is 0 Å². The third-order valence-corrected chi connectivity index (χ3v) is 2.61. The van der Waals surface area contributed by atoms with Gasteiger partial charge in [0.25, 0.3) is 0 Å². The van der Waals surface area contributed by atoms with E-state index in [0.717, 1.165) is 13.0 Å². The lowest BCUT2D eigenvalue weighted by Gasteiger charge is -2.18. The van der Waals surface area contributed by atoms with Gasteiger partial charge in [0.05, 0.1) is 4.92 Å². The van der Waals surface area contributed by atoms with Crippen LogP contribution in [0.2, 0.25) is 0 Å². The van der Waals surface area contributed by atoms with Crippen molar-refractivity contribution >= 4 is 17.3 Å². The minimum atomic E-state index is -0.412. The standard InChI is InChI=1S/C12H20N4O3/c1-4-13-11-7-6-10(16(17)18)12(14-11)15(2)8-5-9-19-3/h6-7H,4-5,8-9H2,1-3H3,(H,13,14). The van der Waals surface area contributed by atoms with Crippen molar-refractivity contribution in [3.8, 4) is 0 Å². The molecule has 7 heteroatoms. The summed E-state index contributed by atoms with van der Waals surface area (Å²) in [4.78, 5) is 16.7. The highest BCUT2D eigenvalue weighted by molar-refractivity contribution is 5.61. The Morgan fingerprint density at radius 1 is 1.53 bits per heavy atom. The number of nitrogens with zero attached hydrogens (tertiary/aromatic N) is 3. The minimum absolute atomic E-state index is 0.0153. The Kier molecular flexibility index (Phi) is 6.01. The molecule has 0 fully saturated rings. The SMILES string of the molecule is CCNc1ccc([N+](=O)[O-])c(N(C)CCCOC)n1. The van der Waals surface area contributed by atoms with Gasteiger partial charge in [-0.15, -0.1) is 0 Å². The van der Waals surface area contributed by atoms with Gasteiger partial charge in [0.15, 0.2) is 0 Å². The number of aromatic nitrogens is 1. The lowest BCUT2D eigenvalue weighted by molar-refractivity contribution is -0.384. The molecular weight excluding hydrogens is 248 g/mol. The average Bonchev–Trinajstić information content (AvgIpc) is 2.39. The van der Waals surface area contributed by atoms with Crippen LogP contribution in [0, 0.1) is 10.1 Å². The maximum Gasteiger partial charge on any atom is 0.311 e. The molecule has 0 unspecified atom stereocenters. The number of nitrogens with one attached hydrogen (secondary N) is 1. The molecule has 0 amide bonds. The molecule has 0 saturated carbocycles. The fourth-order valence-electron chi connectivity index (χ4n) is 1.70. The number of pyridine rings is 1. The third-order valence-electron chi connectivity index (χ3n) is 2.61. The fraction of sp³-hybridized carbons (Fsp3) is 0.583. The molecule has 0 spiro atoms. The zero-order valence-electron chi connectivity index (χ0n) is 11.5. The zero-order valence-corrected chi connectivity index (χ0v) is 11.5. The third kappa shape index (κ3) is 4.36. The second-order valence-corrected chi connectivity index (χ2v) is 4.09. The summed E-state index contributed by atoms with van der Waals surface area (Å²) in [7, 11) is 3.42. The van der Waals surface area contributed by atoms with Gasteiger partial charge in [0.1, 0.15) is 5.82 Å². The molecule has 1 N–H and O–H groups in total. The first-order valence-corrected chi connectivity index (χ1v) is 6.19. The molecule has 0 atom stereocenters. The van der Waals surface area contributed by atoms with E-state index >= 15 is 0 Å². The van der Waals surface area contributed by atoms with Crippen molar-refractivity contribution in [2.45, 2.75) is 13.3 Å². The van der Waals surface area contributed by atoms with Gasteiger partial charge in [-0.05, 0) is 19.4 Å². The smallest absolute Gasteiger partial charge is 0.311 e. The number of hydrogen-bond acceptors (Lipinski definition) is 6. The number of hydrogen-bond donors (Lipinski definition) is 1. The maximum atomic E-state index is 11.0. The molecule has 1 heterocycles. The number of rotatable bonds is 8. The summed E-state index contributed by atoms with van der Waals surface area (Å²) in [6.07, 6.45) is 0.789. The summed E-state index contributed by atoms with van der Waals surface area (Å²) < 4.78 is 4.97. The largest absolute Gasteiger partial charge is 0.385 e. The number of methoxy groups -OCH3 is 1. The van der Waals surface area contributed by atoms with Crippen LogP contribution in [-0.4, -0.2) is 43.8 Å². The minimum Gasteiger partial charge on any atom is -0.385 e. The molecule has 0 aliphatic heterocycles. The van der Waals surface area contributed by atoms with E-state index in [2.05, 4.69) is 10.3 Å². The summed E-state index contributed by atoms with van der Waals surface area (Å²) in [5.74, 6) is 1.02. The van der Waals surface area contributed by atoms with Crippen LogP contribution in [-0.2, 0) is 4.74 Å². The van der Waals surface area contributed by atoms with Gasteiger partial charge >= 0.3 is 5.69 Å². The van der Waals surface area contributed by atoms with Crippen LogP contribution in [0.15, 0.2) is 12.1 Å². The van der Waals surface area contributed by atoms with Crippen molar-refractivity contribution in [1.29, 1.82) is 0 Å². The Labute approximate surface area is 112 Å². The van der Waals surface area contributed by atoms with Crippen molar-refractivity contribution < 1.29 is 9.66 Å². The van der Waals surface area contributed by atoms with Crippen LogP contribution in [0.1, 0.15) is 13.3 Å². The van der Waals surface area contributed by atoms with Gasteiger partial charge in [-0.2, -0.15) is 0 Å². The number of nitro groups is 1. The Hall–Kier alpha value is -1.89. The van der Waals surface area contributed by atoms with Crippen LogP contribution in [0.5, 0.6) is 0 Å². The summed E-state index contributed by atoms with van der Waals surface area (Å²) in [6, 6.07) is 3.10. The summed E-state index contributed by atoms with van der Waals surface area (Å²) in [5, 5.41) is 14.1. The van der Waals surface area contributed by atoms with Crippen LogP contribution in [0.4, 0.5) is 17.3 Å². The molecule has 1 aromatic rings. The monoisotopic (exact) mass is 268 g/mol. The molecule has 0 bridgehead atoms. The van der Waals surface area contributed by atoms with Crippen LogP contribution in [0.25, 0.3) is 0 Å². The predicted octanol–water partition coefficient (Wildman–Crippen LogP) is 1.89. The first-order chi connectivity index (χ1) is 9.10. The van der Waals surface area contributed by atoms with Gasteiger partial charge in [-0.1, -0.05) is 0 Å². The summed E-state index contributed by atoms with van der Waals surface area (Å²) in [6.45, 7) is 3.94. The molecule has 0 aromatic carbocycles. The van der Waals surface area contributed by atoms with Gasteiger partial charge in [0, 0.05) is 39.9 Å². The average molecular weight is 268 g/mol.